The van der Waals surface area contributed by atoms with Gasteiger partial charge in [-0.05, 0) is 31.2 Å². The molecule has 1 aliphatic rings. The van der Waals surface area contributed by atoms with Crippen LogP contribution in [0.15, 0.2) is 42.5 Å². The van der Waals surface area contributed by atoms with Crippen LogP contribution in [0.25, 0.3) is 0 Å². The van der Waals surface area contributed by atoms with Gasteiger partial charge < -0.3 is 10.6 Å². The summed E-state index contributed by atoms with van der Waals surface area (Å²) in [5.41, 5.74) is 6.71. The van der Waals surface area contributed by atoms with Gasteiger partial charge in [-0.25, -0.2) is 0 Å². The fraction of sp³-hybridized carbons (Fsp3) is 0.353. The fourth-order valence-corrected chi connectivity index (χ4v) is 2.94. The number of amides is 1. The van der Waals surface area contributed by atoms with Gasteiger partial charge in [-0.3, -0.25) is 9.69 Å². The number of carbonyl (C=O) groups is 1. The van der Waals surface area contributed by atoms with Crippen molar-refractivity contribution in [3.63, 3.8) is 0 Å². The third-order valence-corrected chi connectivity index (χ3v) is 4.29. The first-order valence-corrected chi connectivity index (χ1v) is 7.76. The van der Waals surface area contributed by atoms with Crippen LogP contribution in [0, 0.1) is 0 Å². The molecule has 0 radical (unpaired) electrons. The molecule has 2 heterocycles. The number of anilines is 1. The maximum Gasteiger partial charge on any atom is 0.269 e. The van der Waals surface area contributed by atoms with Crippen LogP contribution in [0.5, 0.6) is 0 Å². The Kier molecular flexibility index (Phi) is 4.52. The van der Waals surface area contributed by atoms with E-state index in [0.717, 1.165) is 31.9 Å². The van der Waals surface area contributed by atoms with Gasteiger partial charge in [-0.2, -0.15) is 0 Å². The molecule has 1 fully saturated rings. The fourth-order valence-electron chi connectivity index (χ4n) is 2.94. The molecular formula is C17H21N5O. The van der Waals surface area contributed by atoms with Gasteiger partial charge in [-0.1, -0.05) is 30.3 Å². The van der Waals surface area contributed by atoms with Crippen LogP contribution in [-0.2, 0) is 6.54 Å². The topological polar surface area (TPSA) is 75.3 Å². The summed E-state index contributed by atoms with van der Waals surface area (Å²) < 4.78 is 0. The summed E-state index contributed by atoms with van der Waals surface area (Å²) in [5, 5.41) is 8.00. The summed E-state index contributed by atoms with van der Waals surface area (Å²) in [6.07, 6.45) is 1.09. The van der Waals surface area contributed by atoms with Gasteiger partial charge in [0.25, 0.3) is 5.91 Å². The van der Waals surface area contributed by atoms with E-state index in [2.05, 4.69) is 51.3 Å². The quantitative estimate of drug-likeness (QED) is 0.900. The average molecular weight is 311 g/mol. The molecule has 2 aromatic rings. The minimum absolute atomic E-state index is 0.200. The van der Waals surface area contributed by atoms with E-state index in [0.29, 0.717) is 6.04 Å². The summed E-state index contributed by atoms with van der Waals surface area (Å²) in [5.74, 6) is 0.247. The number of hydrogen-bond acceptors (Lipinski definition) is 5. The molecule has 1 aromatic carbocycles. The maximum atomic E-state index is 11.0. The number of aromatic nitrogens is 2. The summed E-state index contributed by atoms with van der Waals surface area (Å²) in [6.45, 7) is 2.79. The molecule has 6 nitrogen and oxygen atoms in total. The summed E-state index contributed by atoms with van der Waals surface area (Å²) >= 11 is 0. The third kappa shape index (κ3) is 3.65. The monoisotopic (exact) mass is 311 g/mol. The Bertz CT molecular complexity index is 658. The van der Waals surface area contributed by atoms with Crippen molar-refractivity contribution in [2.45, 2.75) is 19.0 Å². The molecule has 2 N–H and O–H groups in total. The summed E-state index contributed by atoms with van der Waals surface area (Å²) in [4.78, 5) is 15.6. The maximum absolute atomic E-state index is 11.0. The van der Waals surface area contributed by atoms with Crippen molar-refractivity contribution in [2.75, 3.05) is 25.0 Å². The number of likely N-dealkylation sites (N-methyl/N-ethyl adjacent to an activating group) is 1. The van der Waals surface area contributed by atoms with Crippen LogP contribution in [0.2, 0.25) is 0 Å². The second kappa shape index (κ2) is 6.75. The van der Waals surface area contributed by atoms with Gasteiger partial charge in [0.2, 0.25) is 0 Å². The zero-order valence-corrected chi connectivity index (χ0v) is 13.2. The second-order valence-electron chi connectivity index (χ2n) is 5.93. The molecule has 1 saturated heterocycles. The predicted molar refractivity (Wildman–Crippen MR) is 89.1 cm³/mol. The normalized spacial score (nSPS) is 17.7. The molecule has 0 saturated carbocycles. The van der Waals surface area contributed by atoms with Crippen LogP contribution < -0.4 is 10.6 Å². The van der Waals surface area contributed by atoms with Gasteiger partial charge in [0.15, 0.2) is 11.5 Å². The van der Waals surface area contributed by atoms with Crippen molar-refractivity contribution < 1.29 is 4.79 Å². The Morgan fingerprint density at radius 1 is 1.26 bits per heavy atom. The Morgan fingerprint density at radius 3 is 2.70 bits per heavy atom. The van der Waals surface area contributed by atoms with E-state index in [1.165, 1.54) is 5.56 Å². The molecule has 1 atom stereocenters. The van der Waals surface area contributed by atoms with Crippen molar-refractivity contribution in [2.24, 2.45) is 5.73 Å². The molecule has 1 amide bonds. The first-order valence-electron chi connectivity index (χ1n) is 7.76. The first-order chi connectivity index (χ1) is 11.1. The van der Waals surface area contributed by atoms with E-state index in [1.807, 2.05) is 12.1 Å². The lowest BCUT2D eigenvalue weighted by Gasteiger charge is -2.25. The van der Waals surface area contributed by atoms with Crippen molar-refractivity contribution in [1.82, 2.24) is 15.1 Å². The highest BCUT2D eigenvalue weighted by Crippen LogP contribution is 2.21. The molecule has 0 spiro atoms. The van der Waals surface area contributed by atoms with Crippen LogP contribution in [-0.4, -0.2) is 47.2 Å². The molecule has 23 heavy (non-hydrogen) atoms. The number of benzene rings is 1. The molecule has 6 heteroatoms. The Labute approximate surface area is 135 Å². The predicted octanol–water partition coefficient (Wildman–Crippen LogP) is 1.29. The average Bonchev–Trinajstić information content (AvgIpc) is 3.06. The number of carbonyl (C=O) groups excluding carboxylic acids is 1. The van der Waals surface area contributed by atoms with Gasteiger partial charge in [0.1, 0.15) is 0 Å². The van der Waals surface area contributed by atoms with E-state index in [4.69, 9.17) is 5.73 Å². The Balaban J connectivity index is 1.60. The zero-order chi connectivity index (χ0) is 16.2. The summed E-state index contributed by atoms with van der Waals surface area (Å²) in [6, 6.07) is 14.4. The zero-order valence-electron chi connectivity index (χ0n) is 13.2. The highest BCUT2D eigenvalue weighted by atomic mass is 16.1. The van der Waals surface area contributed by atoms with Gasteiger partial charge >= 0.3 is 0 Å². The number of hydrogen-bond donors (Lipinski definition) is 1. The molecule has 1 aromatic heterocycles. The SMILES string of the molecule is CN(Cc1ccccc1)C1CCN(c2ccc(C(N)=O)nn2)C1. The van der Waals surface area contributed by atoms with Crippen LogP contribution in [0.1, 0.15) is 22.5 Å². The lowest BCUT2D eigenvalue weighted by Crippen LogP contribution is -2.34. The van der Waals surface area contributed by atoms with Crippen LogP contribution >= 0.6 is 0 Å². The molecule has 1 aliphatic heterocycles. The smallest absolute Gasteiger partial charge is 0.269 e. The van der Waals surface area contributed by atoms with E-state index in [9.17, 15) is 4.79 Å². The standard InChI is InChI=1S/C17H21N5O/c1-21(11-13-5-3-2-4-6-13)14-9-10-22(12-14)16-8-7-15(17(18)23)19-20-16/h2-8,14H,9-12H2,1H3,(H2,18,23). The number of nitrogens with two attached hydrogens (primary N) is 1. The minimum atomic E-state index is -0.550. The molecular weight excluding hydrogens is 290 g/mol. The number of rotatable bonds is 5. The van der Waals surface area contributed by atoms with Crippen molar-refractivity contribution in [1.29, 1.82) is 0 Å². The van der Waals surface area contributed by atoms with E-state index in [1.54, 1.807) is 6.07 Å². The summed E-state index contributed by atoms with van der Waals surface area (Å²) in [7, 11) is 2.16. The van der Waals surface area contributed by atoms with Crippen molar-refractivity contribution in [3.8, 4) is 0 Å². The number of primary amides is 1. The third-order valence-electron chi connectivity index (χ3n) is 4.29. The molecule has 120 valence electrons. The molecule has 3 rings (SSSR count). The number of nitrogens with zero attached hydrogens (tertiary/aromatic N) is 4. The highest BCUT2D eigenvalue weighted by molar-refractivity contribution is 5.90. The second-order valence-corrected chi connectivity index (χ2v) is 5.93. The van der Waals surface area contributed by atoms with Crippen LogP contribution in [0.3, 0.4) is 0 Å². The first kappa shape index (κ1) is 15.4. The molecule has 0 bridgehead atoms. The van der Waals surface area contributed by atoms with E-state index in [-0.39, 0.29) is 5.69 Å². The molecule has 0 aliphatic carbocycles. The lowest BCUT2D eigenvalue weighted by molar-refractivity contribution is 0.0994. The van der Waals surface area contributed by atoms with Crippen molar-refractivity contribution >= 4 is 11.7 Å². The van der Waals surface area contributed by atoms with Gasteiger partial charge in [0.05, 0.1) is 0 Å². The van der Waals surface area contributed by atoms with Crippen molar-refractivity contribution in [3.05, 3.63) is 53.7 Å². The van der Waals surface area contributed by atoms with Gasteiger partial charge in [-0.15, -0.1) is 10.2 Å². The van der Waals surface area contributed by atoms with Gasteiger partial charge in [0, 0.05) is 25.7 Å². The van der Waals surface area contributed by atoms with E-state index < -0.39 is 5.91 Å². The largest absolute Gasteiger partial charge is 0.364 e. The Morgan fingerprint density at radius 2 is 2.04 bits per heavy atom. The Hall–Kier alpha value is -2.47. The van der Waals surface area contributed by atoms with Crippen LogP contribution in [0.4, 0.5) is 5.82 Å². The molecule has 1 unspecified atom stereocenters. The van der Waals surface area contributed by atoms with E-state index >= 15 is 0 Å². The minimum Gasteiger partial charge on any atom is -0.364 e. The lowest BCUT2D eigenvalue weighted by atomic mass is 10.1. The highest BCUT2D eigenvalue weighted by Gasteiger charge is 2.26.